The lowest BCUT2D eigenvalue weighted by atomic mass is 10.2. The largest absolute Gasteiger partial charge is 0.368 e. The molecule has 0 aliphatic rings. The van der Waals surface area contributed by atoms with Crippen LogP contribution in [0, 0.1) is 6.92 Å². The maximum Gasteiger partial charge on any atom is 0.234 e. The molecule has 1 aromatic carbocycles. The summed E-state index contributed by atoms with van der Waals surface area (Å²) in [6, 6.07) is 7.25. The zero-order chi connectivity index (χ0) is 14.6. The van der Waals surface area contributed by atoms with Crippen LogP contribution in [0.5, 0.6) is 0 Å². The Bertz CT molecular complexity index is 334. The van der Waals surface area contributed by atoms with Crippen molar-refractivity contribution in [3.05, 3.63) is 35.4 Å². The number of carbonyl (C=O) groups is 2. The third-order valence-corrected chi connectivity index (χ3v) is 2.07. The fourth-order valence-corrected chi connectivity index (χ4v) is 0.787. The smallest absolute Gasteiger partial charge is 0.234 e. The van der Waals surface area contributed by atoms with Gasteiger partial charge in [-0.25, -0.2) is 0 Å². The van der Waals surface area contributed by atoms with E-state index in [1.807, 2.05) is 45.0 Å². The van der Waals surface area contributed by atoms with E-state index >= 15 is 0 Å². The lowest BCUT2D eigenvalue weighted by Crippen LogP contribution is -2.36. The molecular formula is C14H24N2O2. The molecule has 4 nitrogen and oxygen atoms in total. The van der Waals surface area contributed by atoms with Crippen molar-refractivity contribution in [1.82, 2.24) is 5.32 Å². The van der Waals surface area contributed by atoms with Crippen LogP contribution >= 0.6 is 0 Å². The van der Waals surface area contributed by atoms with E-state index in [1.54, 1.807) is 14.0 Å². The number of nitrogens with one attached hydrogen (secondary N) is 1. The Hall–Kier alpha value is -1.68. The highest BCUT2D eigenvalue weighted by Gasteiger charge is 2.01. The van der Waals surface area contributed by atoms with E-state index in [2.05, 4.69) is 5.32 Å². The van der Waals surface area contributed by atoms with Gasteiger partial charge in [-0.2, -0.15) is 0 Å². The Morgan fingerprint density at radius 2 is 1.72 bits per heavy atom. The molecule has 0 saturated heterocycles. The first-order valence-electron chi connectivity index (χ1n) is 5.99. The van der Waals surface area contributed by atoms with E-state index in [0.29, 0.717) is 0 Å². The predicted molar refractivity (Wildman–Crippen MR) is 75.6 cm³/mol. The van der Waals surface area contributed by atoms with Gasteiger partial charge in [0.2, 0.25) is 5.91 Å². The molecule has 4 heteroatoms. The van der Waals surface area contributed by atoms with Gasteiger partial charge in [-0.3, -0.25) is 9.59 Å². The Kier molecular flexibility index (Phi) is 12.2. The van der Waals surface area contributed by atoms with Crippen LogP contribution < -0.4 is 11.1 Å². The van der Waals surface area contributed by atoms with Crippen LogP contribution in [0.1, 0.15) is 36.7 Å². The molecule has 1 atom stereocenters. The van der Waals surface area contributed by atoms with Crippen LogP contribution in [0.15, 0.2) is 24.3 Å². The molecule has 1 aromatic rings. The monoisotopic (exact) mass is 252 g/mol. The first kappa shape index (κ1) is 18.7. The second kappa shape index (κ2) is 11.8. The molecule has 1 rings (SSSR count). The molecule has 1 amide bonds. The third-order valence-electron chi connectivity index (χ3n) is 2.07. The summed E-state index contributed by atoms with van der Waals surface area (Å²) in [4.78, 5) is 20.2. The van der Waals surface area contributed by atoms with Crippen molar-refractivity contribution in [2.75, 3.05) is 7.05 Å². The minimum Gasteiger partial charge on any atom is -0.368 e. The maximum absolute atomic E-state index is 10.1. The standard InChI is InChI=1S/C8H8O.C4H10N2O.C2H6/c1-7-2-4-8(6-9)5-3-7;1-3(6-2)4(5)7;1-2/h2-6H,1H3;3,6H,1-2H3,(H2,5,7);1-2H3/t;3-;/m.1./s1. The van der Waals surface area contributed by atoms with Gasteiger partial charge in [0.25, 0.3) is 0 Å². The van der Waals surface area contributed by atoms with Crippen molar-refractivity contribution in [2.45, 2.75) is 33.7 Å². The first-order valence-corrected chi connectivity index (χ1v) is 5.99. The fourth-order valence-electron chi connectivity index (χ4n) is 0.787. The molecule has 0 bridgehead atoms. The summed E-state index contributed by atoms with van der Waals surface area (Å²) in [6.45, 7) is 7.71. The number of benzene rings is 1. The molecule has 102 valence electrons. The lowest BCUT2D eigenvalue weighted by molar-refractivity contribution is -0.119. The van der Waals surface area contributed by atoms with Crippen LogP contribution in [0.25, 0.3) is 0 Å². The van der Waals surface area contributed by atoms with Gasteiger partial charge in [0.15, 0.2) is 0 Å². The van der Waals surface area contributed by atoms with Crippen molar-refractivity contribution < 1.29 is 9.59 Å². The fraction of sp³-hybridized carbons (Fsp3) is 0.429. The van der Waals surface area contributed by atoms with Gasteiger partial charge >= 0.3 is 0 Å². The van der Waals surface area contributed by atoms with Crippen molar-refractivity contribution in [2.24, 2.45) is 5.73 Å². The van der Waals surface area contributed by atoms with Gasteiger partial charge in [-0.1, -0.05) is 43.7 Å². The number of nitrogens with two attached hydrogens (primary N) is 1. The third kappa shape index (κ3) is 9.54. The molecule has 0 radical (unpaired) electrons. The van der Waals surface area contributed by atoms with Crippen molar-refractivity contribution in [1.29, 1.82) is 0 Å². The number of hydrogen-bond acceptors (Lipinski definition) is 3. The van der Waals surface area contributed by atoms with Crippen LogP contribution in [-0.2, 0) is 4.79 Å². The summed E-state index contributed by atoms with van der Waals surface area (Å²) in [5, 5.41) is 2.69. The number of amides is 1. The number of rotatable bonds is 3. The average molecular weight is 252 g/mol. The highest BCUT2D eigenvalue weighted by Crippen LogP contribution is 1.98. The molecule has 0 saturated carbocycles. The molecule has 3 N–H and O–H groups in total. The molecular weight excluding hydrogens is 228 g/mol. The predicted octanol–water partition coefficient (Wildman–Crippen LogP) is 1.91. The quantitative estimate of drug-likeness (QED) is 0.807. The summed E-state index contributed by atoms with van der Waals surface area (Å²) in [5.41, 5.74) is 6.76. The second-order valence-corrected chi connectivity index (χ2v) is 3.44. The van der Waals surface area contributed by atoms with Crippen LogP contribution in [-0.4, -0.2) is 25.3 Å². The summed E-state index contributed by atoms with van der Waals surface area (Å²) in [6.07, 6.45) is 0.847. The molecule has 0 aromatic heterocycles. The minimum atomic E-state index is -0.317. The van der Waals surface area contributed by atoms with Crippen molar-refractivity contribution >= 4 is 12.2 Å². The lowest BCUT2D eigenvalue weighted by Gasteiger charge is -2.01. The zero-order valence-electron chi connectivity index (χ0n) is 11.9. The zero-order valence-corrected chi connectivity index (χ0v) is 11.9. The second-order valence-electron chi connectivity index (χ2n) is 3.44. The topological polar surface area (TPSA) is 72.2 Å². The molecule has 0 heterocycles. The molecule has 0 aliphatic heterocycles. The normalized spacial score (nSPS) is 10.1. The van der Waals surface area contributed by atoms with Gasteiger partial charge in [0.05, 0.1) is 6.04 Å². The number of carbonyl (C=O) groups excluding carboxylic acids is 2. The molecule has 18 heavy (non-hydrogen) atoms. The molecule has 0 unspecified atom stereocenters. The Labute approximate surface area is 110 Å². The van der Waals surface area contributed by atoms with Gasteiger partial charge in [0, 0.05) is 5.56 Å². The van der Waals surface area contributed by atoms with Gasteiger partial charge in [-0.15, -0.1) is 0 Å². The van der Waals surface area contributed by atoms with E-state index in [9.17, 15) is 9.59 Å². The highest BCUT2D eigenvalue weighted by atomic mass is 16.1. The van der Waals surface area contributed by atoms with Crippen LogP contribution in [0.3, 0.4) is 0 Å². The molecule has 0 aliphatic carbocycles. The SMILES string of the molecule is CC.CN[C@H](C)C(N)=O.Cc1ccc(C=O)cc1. The maximum atomic E-state index is 10.1. The van der Waals surface area contributed by atoms with E-state index < -0.39 is 0 Å². The van der Waals surface area contributed by atoms with Gasteiger partial charge in [0.1, 0.15) is 6.29 Å². The average Bonchev–Trinajstić information content (AvgIpc) is 2.41. The molecule has 0 spiro atoms. The van der Waals surface area contributed by atoms with Crippen molar-refractivity contribution in [3.63, 3.8) is 0 Å². The van der Waals surface area contributed by atoms with Crippen molar-refractivity contribution in [3.8, 4) is 0 Å². The van der Waals surface area contributed by atoms with Gasteiger partial charge in [-0.05, 0) is 20.9 Å². The number of hydrogen-bond donors (Lipinski definition) is 2. The Morgan fingerprint density at radius 3 is 1.94 bits per heavy atom. The van der Waals surface area contributed by atoms with Crippen LogP contribution in [0.4, 0.5) is 0 Å². The number of aryl methyl sites for hydroxylation is 1. The Balaban J connectivity index is 0. The number of likely N-dealkylation sites (N-methyl/N-ethyl adjacent to an activating group) is 1. The highest BCUT2D eigenvalue weighted by molar-refractivity contribution is 5.79. The molecule has 0 fully saturated rings. The summed E-state index contributed by atoms with van der Waals surface area (Å²) in [5.74, 6) is -0.317. The minimum absolute atomic E-state index is 0.208. The summed E-state index contributed by atoms with van der Waals surface area (Å²) < 4.78 is 0. The first-order chi connectivity index (χ1) is 8.51. The van der Waals surface area contributed by atoms with E-state index in [-0.39, 0.29) is 11.9 Å². The van der Waals surface area contributed by atoms with Gasteiger partial charge < -0.3 is 11.1 Å². The van der Waals surface area contributed by atoms with Crippen LogP contribution in [0.2, 0.25) is 0 Å². The number of aldehydes is 1. The van der Waals surface area contributed by atoms with E-state index in [0.717, 1.165) is 11.8 Å². The Morgan fingerprint density at radius 1 is 1.28 bits per heavy atom. The number of primary amides is 1. The van der Waals surface area contributed by atoms with E-state index in [4.69, 9.17) is 5.73 Å². The summed E-state index contributed by atoms with van der Waals surface area (Å²) >= 11 is 0. The van der Waals surface area contributed by atoms with E-state index in [1.165, 1.54) is 5.56 Å². The summed E-state index contributed by atoms with van der Waals surface area (Å²) in [7, 11) is 1.69.